The fourth-order valence-corrected chi connectivity index (χ4v) is 2.32. The van der Waals surface area contributed by atoms with E-state index in [4.69, 9.17) is 9.47 Å². The minimum absolute atomic E-state index is 0.0609. The zero-order chi connectivity index (χ0) is 11.8. The molecule has 1 aromatic rings. The van der Waals surface area contributed by atoms with Gasteiger partial charge in [0, 0.05) is 5.92 Å². The molecule has 1 saturated carbocycles. The third-order valence-corrected chi connectivity index (χ3v) is 3.35. The number of cyclic esters (lactones) is 1. The lowest BCUT2D eigenvalue weighted by molar-refractivity contribution is -0.152. The number of esters is 2. The smallest absolute Gasteiger partial charge is 0.310 e. The van der Waals surface area contributed by atoms with Crippen LogP contribution in [0.15, 0.2) is 30.3 Å². The second-order valence-electron chi connectivity index (χ2n) is 4.44. The van der Waals surface area contributed by atoms with Crippen LogP contribution in [0.2, 0.25) is 0 Å². The Morgan fingerprint density at radius 1 is 1.35 bits per heavy atom. The third kappa shape index (κ3) is 1.79. The number of hydrogen-bond donors (Lipinski definition) is 0. The molecule has 0 aromatic heterocycles. The lowest BCUT2D eigenvalue weighted by Gasteiger charge is -2.06. The number of benzene rings is 1. The molecule has 2 aliphatic rings. The molecule has 4 heteroatoms. The zero-order valence-corrected chi connectivity index (χ0v) is 9.17. The first-order valence-corrected chi connectivity index (χ1v) is 5.64. The van der Waals surface area contributed by atoms with Crippen molar-refractivity contribution in [3.8, 4) is 0 Å². The van der Waals surface area contributed by atoms with E-state index >= 15 is 0 Å². The third-order valence-electron chi connectivity index (χ3n) is 3.35. The van der Waals surface area contributed by atoms with Gasteiger partial charge in [0.05, 0.1) is 18.4 Å². The molecule has 88 valence electrons. The van der Waals surface area contributed by atoms with Gasteiger partial charge in [0.15, 0.2) is 0 Å². The van der Waals surface area contributed by atoms with Crippen LogP contribution in [-0.2, 0) is 25.7 Å². The molecule has 0 spiro atoms. The highest BCUT2D eigenvalue weighted by molar-refractivity contribution is 5.90. The van der Waals surface area contributed by atoms with E-state index in [-0.39, 0.29) is 36.3 Å². The number of rotatable bonds is 3. The van der Waals surface area contributed by atoms with Crippen molar-refractivity contribution in [3.63, 3.8) is 0 Å². The summed E-state index contributed by atoms with van der Waals surface area (Å²) in [5.74, 6) is -0.971. The molecule has 1 saturated heterocycles. The molecule has 3 rings (SSSR count). The Hall–Kier alpha value is -1.84. The average Bonchev–Trinajstić information content (AvgIpc) is 2.98. The molecule has 17 heavy (non-hydrogen) atoms. The molecule has 3 atom stereocenters. The van der Waals surface area contributed by atoms with Crippen LogP contribution in [0.4, 0.5) is 0 Å². The Balaban J connectivity index is 1.54. The van der Waals surface area contributed by atoms with Crippen molar-refractivity contribution < 1.29 is 19.1 Å². The first kappa shape index (κ1) is 10.3. The van der Waals surface area contributed by atoms with Crippen LogP contribution in [0.1, 0.15) is 5.56 Å². The molecule has 0 amide bonds. The lowest BCUT2D eigenvalue weighted by Crippen LogP contribution is -2.15. The van der Waals surface area contributed by atoms with Gasteiger partial charge in [0.25, 0.3) is 0 Å². The van der Waals surface area contributed by atoms with E-state index in [1.54, 1.807) is 0 Å². The van der Waals surface area contributed by atoms with Crippen LogP contribution >= 0.6 is 0 Å². The number of fused-ring (bicyclic) bond motifs is 1. The zero-order valence-electron chi connectivity index (χ0n) is 9.17. The molecular weight excluding hydrogens is 220 g/mol. The summed E-state index contributed by atoms with van der Waals surface area (Å²) in [6.07, 6.45) is 0. The minimum atomic E-state index is -0.277. The van der Waals surface area contributed by atoms with Crippen LogP contribution in [0.5, 0.6) is 0 Å². The Morgan fingerprint density at radius 3 is 2.76 bits per heavy atom. The molecule has 0 bridgehead atoms. The van der Waals surface area contributed by atoms with Gasteiger partial charge in [0.2, 0.25) is 0 Å². The van der Waals surface area contributed by atoms with E-state index in [2.05, 4.69) is 0 Å². The molecule has 2 fully saturated rings. The minimum Gasteiger partial charge on any atom is -0.465 e. The largest absolute Gasteiger partial charge is 0.465 e. The van der Waals surface area contributed by atoms with Crippen LogP contribution in [0.3, 0.4) is 0 Å². The summed E-state index contributed by atoms with van der Waals surface area (Å²) in [6.45, 7) is 0.638. The van der Waals surface area contributed by atoms with Gasteiger partial charge in [-0.15, -0.1) is 0 Å². The quantitative estimate of drug-likeness (QED) is 0.733. The van der Waals surface area contributed by atoms with Crippen molar-refractivity contribution in [2.75, 3.05) is 6.61 Å². The molecule has 4 nitrogen and oxygen atoms in total. The summed E-state index contributed by atoms with van der Waals surface area (Å²) >= 11 is 0. The maximum atomic E-state index is 11.7. The molecule has 0 radical (unpaired) electrons. The number of ether oxygens (including phenoxy) is 2. The van der Waals surface area contributed by atoms with Crippen molar-refractivity contribution in [2.24, 2.45) is 17.8 Å². The van der Waals surface area contributed by atoms with Gasteiger partial charge < -0.3 is 9.47 Å². The molecule has 1 aliphatic heterocycles. The highest BCUT2D eigenvalue weighted by Gasteiger charge is 2.65. The van der Waals surface area contributed by atoms with Gasteiger partial charge in [-0.1, -0.05) is 30.3 Å². The number of carbonyl (C=O) groups is 2. The Bertz CT molecular complexity index is 454. The van der Waals surface area contributed by atoms with Crippen molar-refractivity contribution in [1.29, 1.82) is 0 Å². The van der Waals surface area contributed by atoms with Crippen LogP contribution in [0.25, 0.3) is 0 Å². The maximum absolute atomic E-state index is 11.7. The summed E-state index contributed by atoms with van der Waals surface area (Å²) in [6, 6.07) is 9.50. The first-order chi connectivity index (χ1) is 8.27. The van der Waals surface area contributed by atoms with E-state index < -0.39 is 0 Å². The molecule has 0 N–H and O–H groups in total. The monoisotopic (exact) mass is 232 g/mol. The maximum Gasteiger partial charge on any atom is 0.310 e. The van der Waals surface area contributed by atoms with Gasteiger partial charge in [-0.25, -0.2) is 0 Å². The molecule has 1 aromatic carbocycles. The summed E-state index contributed by atoms with van der Waals surface area (Å²) in [7, 11) is 0. The fourth-order valence-electron chi connectivity index (χ4n) is 2.32. The lowest BCUT2D eigenvalue weighted by atomic mass is 10.2. The normalized spacial score (nSPS) is 29.4. The van der Waals surface area contributed by atoms with Gasteiger partial charge in [-0.3, -0.25) is 9.59 Å². The van der Waals surface area contributed by atoms with Crippen LogP contribution in [0, 0.1) is 17.8 Å². The van der Waals surface area contributed by atoms with Gasteiger partial charge in [0.1, 0.15) is 6.61 Å². The highest BCUT2D eigenvalue weighted by Crippen LogP contribution is 2.52. The number of carbonyl (C=O) groups excluding carboxylic acids is 2. The van der Waals surface area contributed by atoms with E-state index in [1.807, 2.05) is 30.3 Å². The Morgan fingerprint density at radius 2 is 2.12 bits per heavy atom. The Labute approximate surface area is 98.5 Å². The predicted octanol–water partition coefficient (Wildman–Crippen LogP) is 1.15. The van der Waals surface area contributed by atoms with E-state index in [0.717, 1.165) is 5.56 Å². The first-order valence-electron chi connectivity index (χ1n) is 5.64. The van der Waals surface area contributed by atoms with Gasteiger partial charge in [-0.05, 0) is 5.56 Å². The summed E-state index contributed by atoms with van der Waals surface area (Å²) < 4.78 is 10.0. The second-order valence-corrected chi connectivity index (χ2v) is 4.44. The predicted molar refractivity (Wildman–Crippen MR) is 57.7 cm³/mol. The Kier molecular flexibility index (Phi) is 2.35. The van der Waals surface area contributed by atoms with Crippen molar-refractivity contribution in [3.05, 3.63) is 35.9 Å². The summed E-state index contributed by atoms with van der Waals surface area (Å²) in [5, 5.41) is 0. The SMILES string of the molecule is O=C(OCc1ccccc1)[C@@H]1[C@H]2COC(=O)[C@H]21. The van der Waals surface area contributed by atoms with Crippen LogP contribution < -0.4 is 0 Å². The topological polar surface area (TPSA) is 52.6 Å². The molecule has 1 aliphatic carbocycles. The van der Waals surface area contributed by atoms with Gasteiger partial charge >= 0.3 is 11.9 Å². The van der Waals surface area contributed by atoms with Gasteiger partial charge in [-0.2, -0.15) is 0 Å². The summed E-state index contributed by atoms with van der Waals surface area (Å²) in [4.78, 5) is 22.9. The second kappa shape index (κ2) is 3.87. The van der Waals surface area contributed by atoms with Crippen LogP contribution in [-0.4, -0.2) is 18.5 Å². The number of hydrogen-bond acceptors (Lipinski definition) is 4. The highest BCUT2D eigenvalue weighted by atomic mass is 16.6. The van der Waals surface area contributed by atoms with E-state index in [9.17, 15) is 9.59 Å². The van der Waals surface area contributed by atoms with E-state index in [1.165, 1.54) is 0 Å². The molecular formula is C13H12O4. The molecule has 1 heterocycles. The standard InChI is InChI=1S/C13H12O4/c14-12(10-9-7-17-13(15)11(9)10)16-6-8-4-2-1-3-5-8/h1-5,9-11H,6-7H2/t9-,10-,11-/m1/s1. The summed E-state index contributed by atoms with van der Waals surface area (Å²) in [5.41, 5.74) is 0.953. The van der Waals surface area contributed by atoms with Crippen molar-refractivity contribution in [1.82, 2.24) is 0 Å². The average molecular weight is 232 g/mol. The molecule has 0 unspecified atom stereocenters. The van der Waals surface area contributed by atoms with Crippen molar-refractivity contribution in [2.45, 2.75) is 6.61 Å². The fraction of sp³-hybridized carbons (Fsp3) is 0.385. The van der Waals surface area contributed by atoms with E-state index in [0.29, 0.717) is 6.61 Å². The van der Waals surface area contributed by atoms with Crippen molar-refractivity contribution >= 4 is 11.9 Å².